The maximum atomic E-state index is 10.9. The molecule has 1 aromatic heterocycles. The summed E-state index contributed by atoms with van der Waals surface area (Å²) in [6.07, 6.45) is 1.90. The summed E-state index contributed by atoms with van der Waals surface area (Å²) in [5.74, 6) is 0.793. The predicted molar refractivity (Wildman–Crippen MR) is 58.2 cm³/mol. The van der Waals surface area contributed by atoms with Gasteiger partial charge in [-0.05, 0) is 12.3 Å². The molecule has 0 aliphatic carbocycles. The highest BCUT2D eigenvalue weighted by atomic mass is 32.1. The van der Waals surface area contributed by atoms with E-state index in [4.69, 9.17) is 5.11 Å². The molecule has 1 N–H and O–H groups in total. The van der Waals surface area contributed by atoms with Crippen molar-refractivity contribution < 1.29 is 9.90 Å². The van der Waals surface area contributed by atoms with Crippen LogP contribution in [0.15, 0.2) is 11.6 Å². The fourth-order valence-corrected chi connectivity index (χ4v) is 2.85. The minimum Gasteiger partial charge on any atom is -0.465 e. The van der Waals surface area contributed by atoms with E-state index in [1.165, 1.54) is 4.90 Å². The van der Waals surface area contributed by atoms with E-state index in [9.17, 15) is 4.79 Å². The molecule has 0 spiro atoms. The summed E-state index contributed by atoms with van der Waals surface area (Å²) in [5.41, 5.74) is 0. The van der Waals surface area contributed by atoms with Crippen molar-refractivity contribution in [2.24, 2.45) is 5.92 Å². The number of likely N-dealkylation sites (tertiary alicyclic amines) is 1. The van der Waals surface area contributed by atoms with Crippen molar-refractivity contribution in [2.75, 3.05) is 13.1 Å². The topological polar surface area (TPSA) is 53.4 Å². The molecule has 82 valence electrons. The predicted octanol–water partition coefficient (Wildman–Crippen LogP) is 2.25. The molecular formula is C10H14N2O2S. The van der Waals surface area contributed by atoms with E-state index in [2.05, 4.69) is 11.9 Å². The van der Waals surface area contributed by atoms with E-state index in [0.29, 0.717) is 19.0 Å². The van der Waals surface area contributed by atoms with Crippen LogP contribution in [0.25, 0.3) is 0 Å². The van der Waals surface area contributed by atoms with Crippen LogP contribution in [0.4, 0.5) is 4.79 Å². The zero-order chi connectivity index (χ0) is 10.8. The third-order valence-electron chi connectivity index (χ3n) is 3.00. The summed E-state index contributed by atoms with van der Waals surface area (Å²) >= 11 is 1.62. The van der Waals surface area contributed by atoms with Gasteiger partial charge in [0.1, 0.15) is 0 Å². The minimum absolute atomic E-state index is 0.273. The van der Waals surface area contributed by atoms with E-state index < -0.39 is 6.09 Å². The molecule has 0 saturated carbocycles. The molecule has 2 rings (SSSR count). The lowest BCUT2D eigenvalue weighted by Crippen LogP contribution is -2.41. The summed E-state index contributed by atoms with van der Waals surface area (Å²) in [6, 6.07) is 0. The second-order valence-electron chi connectivity index (χ2n) is 3.97. The Bertz CT molecular complexity index is 339. The van der Waals surface area contributed by atoms with Crippen molar-refractivity contribution in [3.05, 3.63) is 16.6 Å². The van der Waals surface area contributed by atoms with Crippen LogP contribution in [0.3, 0.4) is 0 Å². The van der Waals surface area contributed by atoms with Gasteiger partial charge in [0.25, 0.3) is 0 Å². The number of carbonyl (C=O) groups is 1. The van der Waals surface area contributed by atoms with Gasteiger partial charge in [0, 0.05) is 30.6 Å². The van der Waals surface area contributed by atoms with Crippen LogP contribution in [0, 0.1) is 5.92 Å². The Morgan fingerprint density at radius 2 is 2.53 bits per heavy atom. The third-order valence-corrected chi connectivity index (χ3v) is 3.90. The molecule has 4 nitrogen and oxygen atoms in total. The number of aromatic nitrogens is 1. The first-order valence-electron chi connectivity index (χ1n) is 5.05. The number of thiazole rings is 1. The average molecular weight is 226 g/mol. The molecule has 15 heavy (non-hydrogen) atoms. The first-order chi connectivity index (χ1) is 7.18. The van der Waals surface area contributed by atoms with Crippen LogP contribution in [0.1, 0.15) is 24.3 Å². The highest BCUT2D eigenvalue weighted by Gasteiger charge is 2.31. The van der Waals surface area contributed by atoms with Gasteiger partial charge in [-0.2, -0.15) is 0 Å². The second kappa shape index (κ2) is 4.18. The molecule has 0 radical (unpaired) electrons. The molecule has 0 bridgehead atoms. The Morgan fingerprint density at radius 1 is 1.73 bits per heavy atom. The zero-order valence-electron chi connectivity index (χ0n) is 8.59. The average Bonchev–Trinajstić information content (AvgIpc) is 2.71. The molecule has 1 aliphatic heterocycles. The first-order valence-corrected chi connectivity index (χ1v) is 5.93. The van der Waals surface area contributed by atoms with Gasteiger partial charge in [0.2, 0.25) is 0 Å². The van der Waals surface area contributed by atoms with Gasteiger partial charge in [-0.1, -0.05) is 6.92 Å². The number of hydrogen-bond donors (Lipinski definition) is 1. The van der Waals surface area contributed by atoms with E-state index in [1.54, 1.807) is 17.5 Å². The maximum Gasteiger partial charge on any atom is 0.407 e. The molecule has 2 heterocycles. The van der Waals surface area contributed by atoms with Crippen LogP contribution in [-0.4, -0.2) is 34.2 Å². The molecule has 1 aliphatic rings. The van der Waals surface area contributed by atoms with E-state index in [-0.39, 0.29) is 5.92 Å². The number of carboxylic acid groups (broad SMARTS) is 1. The van der Waals surface area contributed by atoms with Gasteiger partial charge in [-0.3, -0.25) is 0 Å². The summed E-state index contributed by atoms with van der Waals surface area (Å²) in [5, 5.41) is 12.0. The van der Waals surface area contributed by atoms with Crippen LogP contribution in [0.5, 0.6) is 0 Å². The number of amides is 1. The maximum absolute atomic E-state index is 10.9. The van der Waals surface area contributed by atoms with Crippen LogP contribution < -0.4 is 0 Å². The highest BCUT2D eigenvalue weighted by molar-refractivity contribution is 7.09. The highest BCUT2D eigenvalue weighted by Crippen LogP contribution is 2.32. The lowest BCUT2D eigenvalue weighted by atomic mass is 9.88. The van der Waals surface area contributed by atoms with Gasteiger partial charge in [-0.15, -0.1) is 11.3 Å². The molecule has 0 aromatic carbocycles. The van der Waals surface area contributed by atoms with Crippen molar-refractivity contribution >= 4 is 17.4 Å². The second-order valence-corrected chi connectivity index (χ2v) is 4.90. The molecule has 1 fully saturated rings. The molecule has 2 atom stereocenters. The Balaban J connectivity index is 2.12. The summed E-state index contributed by atoms with van der Waals surface area (Å²) < 4.78 is 0. The van der Waals surface area contributed by atoms with Crippen molar-refractivity contribution in [3.63, 3.8) is 0 Å². The molecule has 5 heteroatoms. The van der Waals surface area contributed by atoms with Crippen molar-refractivity contribution in [2.45, 2.75) is 19.3 Å². The summed E-state index contributed by atoms with van der Waals surface area (Å²) in [4.78, 5) is 16.7. The zero-order valence-corrected chi connectivity index (χ0v) is 9.41. The van der Waals surface area contributed by atoms with E-state index >= 15 is 0 Å². The minimum atomic E-state index is -0.816. The third kappa shape index (κ3) is 2.12. The van der Waals surface area contributed by atoms with Gasteiger partial charge in [-0.25, -0.2) is 9.78 Å². The number of piperidine rings is 1. The fraction of sp³-hybridized carbons (Fsp3) is 0.600. The monoisotopic (exact) mass is 226 g/mol. The first kappa shape index (κ1) is 10.4. The van der Waals surface area contributed by atoms with Crippen molar-refractivity contribution in [3.8, 4) is 0 Å². The van der Waals surface area contributed by atoms with Gasteiger partial charge >= 0.3 is 6.09 Å². The lowest BCUT2D eigenvalue weighted by molar-refractivity contribution is 0.118. The number of rotatable bonds is 1. The molecule has 1 aromatic rings. The number of hydrogen-bond acceptors (Lipinski definition) is 3. The van der Waals surface area contributed by atoms with Gasteiger partial charge < -0.3 is 10.0 Å². The smallest absolute Gasteiger partial charge is 0.407 e. The van der Waals surface area contributed by atoms with E-state index in [0.717, 1.165) is 11.4 Å². The van der Waals surface area contributed by atoms with Crippen LogP contribution in [0.2, 0.25) is 0 Å². The SMILES string of the molecule is CC1CCN(C(=O)O)CC1c1nccs1. The van der Waals surface area contributed by atoms with Crippen LogP contribution in [-0.2, 0) is 0 Å². The normalized spacial score (nSPS) is 26.6. The van der Waals surface area contributed by atoms with Gasteiger partial charge in [0.05, 0.1) is 5.01 Å². The van der Waals surface area contributed by atoms with Crippen LogP contribution >= 0.6 is 11.3 Å². The Kier molecular flexibility index (Phi) is 2.90. The molecule has 1 saturated heterocycles. The quantitative estimate of drug-likeness (QED) is 0.799. The molecule has 1 amide bonds. The Hall–Kier alpha value is -1.10. The standard InChI is InChI=1S/C10H14N2O2S/c1-7-2-4-12(10(13)14)6-8(7)9-11-3-5-15-9/h3,5,7-8H,2,4,6H2,1H3,(H,13,14). The molecular weight excluding hydrogens is 212 g/mol. The fourth-order valence-electron chi connectivity index (χ4n) is 1.98. The largest absolute Gasteiger partial charge is 0.465 e. The van der Waals surface area contributed by atoms with Crippen molar-refractivity contribution in [1.82, 2.24) is 9.88 Å². The summed E-state index contributed by atoms with van der Waals surface area (Å²) in [7, 11) is 0. The number of nitrogens with zero attached hydrogens (tertiary/aromatic N) is 2. The Labute approximate surface area is 92.6 Å². The summed E-state index contributed by atoms with van der Waals surface area (Å²) in [6.45, 7) is 3.41. The van der Waals surface area contributed by atoms with Crippen molar-refractivity contribution in [1.29, 1.82) is 0 Å². The van der Waals surface area contributed by atoms with E-state index in [1.807, 2.05) is 5.38 Å². The Morgan fingerprint density at radius 3 is 3.13 bits per heavy atom. The van der Waals surface area contributed by atoms with Gasteiger partial charge in [0.15, 0.2) is 0 Å². The molecule has 2 unspecified atom stereocenters. The lowest BCUT2D eigenvalue weighted by Gasteiger charge is -2.34.